The molecule has 0 aromatic heterocycles. The number of halogens is 2. The van der Waals surface area contributed by atoms with E-state index in [0.29, 0.717) is 0 Å². The Morgan fingerprint density at radius 2 is 1.91 bits per heavy atom. The van der Waals surface area contributed by atoms with Gasteiger partial charge in [-0.05, 0) is 12.8 Å². The zero-order chi connectivity index (χ0) is 8.32. The molecular weight excluding hydrogens is 167 g/mol. The van der Waals surface area contributed by atoms with E-state index >= 15 is 0 Å². The maximum absolute atomic E-state index is 13.2. The van der Waals surface area contributed by atoms with Crippen LogP contribution in [0.4, 0.5) is 4.39 Å². The second kappa shape index (κ2) is 3.72. The van der Waals surface area contributed by atoms with Crippen LogP contribution in [0, 0.1) is 5.92 Å². The summed E-state index contributed by atoms with van der Waals surface area (Å²) < 4.78 is 13.2. The van der Waals surface area contributed by atoms with Crippen LogP contribution in [0.25, 0.3) is 0 Å². The molecule has 1 saturated carbocycles. The molecule has 3 heteroatoms. The summed E-state index contributed by atoms with van der Waals surface area (Å²) in [6, 6.07) is 0. The zero-order valence-corrected chi connectivity index (χ0v) is 7.28. The van der Waals surface area contributed by atoms with E-state index in [1.165, 1.54) is 6.42 Å². The van der Waals surface area contributed by atoms with Gasteiger partial charge in [-0.1, -0.05) is 30.9 Å². The van der Waals surface area contributed by atoms with E-state index in [9.17, 15) is 4.39 Å². The van der Waals surface area contributed by atoms with Gasteiger partial charge in [-0.3, -0.25) is 0 Å². The van der Waals surface area contributed by atoms with Gasteiger partial charge < -0.3 is 5.11 Å². The molecule has 11 heavy (non-hydrogen) atoms. The minimum Gasteiger partial charge on any atom is -0.392 e. The van der Waals surface area contributed by atoms with Gasteiger partial charge in [0.2, 0.25) is 5.13 Å². The van der Waals surface area contributed by atoms with Crippen molar-refractivity contribution in [2.24, 2.45) is 5.92 Å². The molecule has 1 rings (SSSR count). The topological polar surface area (TPSA) is 20.2 Å². The van der Waals surface area contributed by atoms with Crippen LogP contribution in [0.1, 0.15) is 32.1 Å². The number of alkyl halides is 2. The van der Waals surface area contributed by atoms with Crippen molar-refractivity contribution in [3.05, 3.63) is 0 Å². The highest BCUT2D eigenvalue weighted by Crippen LogP contribution is 2.37. The van der Waals surface area contributed by atoms with Crippen molar-refractivity contribution in [1.29, 1.82) is 0 Å². The Morgan fingerprint density at radius 3 is 2.36 bits per heavy atom. The third-order valence-electron chi connectivity index (χ3n) is 2.41. The van der Waals surface area contributed by atoms with Crippen LogP contribution in [-0.4, -0.2) is 16.8 Å². The van der Waals surface area contributed by atoms with Gasteiger partial charge in [0.05, 0.1) is 6.61 Å². The summed E-state index contributed by atoms with van der Waals surface area (Å²) >= 11 is 5.48. The summed E-state index contributed by atoms with van der Waals surface area (Å²) in [5, 5.41) is 6.78. The lowest BCUT2D eigenvalue weighted by atomic mass is 9.86. The van der Waals surface area contributed by atoms with E-state index in [2.05, 4.69) is 0 Å². The third kappa shape index (κ3) is 2.31. The highest BCUT2D eigenvalue weighted by atomic mass is 35.5. The Kier molecular flexibility index (Phi) is 3.14. The van der Waals surface area contributed by atoms with Gasteiger partial charge in [0.15, 0.2) is 0 Å². The fourth-order valence-corrected chi connectivity index (χ4v) is 1.87. The Hall–Kier alpha value is 0.180. The van der Waals surface area contributed by atoms with Gasteiger partial charge in [-0.2, -0.15) is 0 Å². The van der Waals surface area contributed by atoms with Crippen molar-refractivity contribution in [2.45, 2.75) is 37.2 Å². The van der Waals surface area contributed by atoms with Crippen LogP contribution in [0.5, 0.6) is 0 Å². The lowest BCUT2D eigenvalue weighted by molar-refractivity contribution is 0.0695. The summed E-state index contributed by atoms with van der Waals surface area (Å²) in [4.78, 5) is 0. The number of hydrogen-bond donors (Lipinski definition) is 1. The molecular formula is C8H14ClFO. The van der Waals surface area contributed by atoms with Gasteiger partial charge in [-0.25, -0.2) is 4.39 Å². The standard InChI is InChI=1S/C8H14ClFO/c9-8(10,6-11)7-4-2-1-3-5-7/h7,11H,1-6H2/t8-/m0/s1. The van der Waals surface area contributed by atoms with Crippen LogP contribution in [-0.2, 0) is 0 Å². The summed E-state index contributed by atoms with van der Waals surface area (Å²) in [6.45, 7) is -0.556. The lowest BCUT2D eigenvalue weighted by Crippen LogP contribution is -2.32. The first kappa shape index (κ1) is 9.27. The van der Waals surface area contributed by atoms with Crippen molar-refractivity contribution in [3.63, 3.8) is 0 Å². The van der Waals surface area contributed by atoms with Gasteiger partial charge >= 0.3 is 0 Å². The van der Waals surface area contributed by atoms with Crippen molar-refractivity contribution in [3.8, 4) is 0 Å². The van der Waals surface area contributed by atoms with E-state index in [1.54, 1.807) is 0 Å². The molecule has 0 unspecified atom stereocenters. The molecule has 0 spiro atoms. The summed E-state index contributed by atoms with van der Waals surface area (Å²) in [5.74, 6) is -0.136. The van der Waals surface area contributed by atoms with E-state index in [-0.39, 0.29) is 5.92 Å². The second-order valence-corrected chi connectivity index (χ2v) is 3.88. The van der Waals surface area contributed by atoms with E-state index in [0.717, 1.165) is 25.7 Å². The SMILES string of the molecule is OC[C@@](F)(Cl)C1CCCCC1. The van der Waals surface area contributed by atoms with Crippen molar-refractivity contribution in [2.75, 3.05) is 6.61 Å². The first-order chi connectivity index (χ1) is 5.17. The molecule has 0 saturated heterocycles. The largest absolute Gasteiger partial charge is 0.392 e. The molecule has 1 fully saturated rings. The predicted molar refractivity (Wildman–Crippen MR) is 43.4 cm³/mol. The number of aliphatic hydroxyl groups excluding tert-OH is 1. The van der Waals surface area contributed by atoms with E-state index < -0.39 is 11.7 Å². The molecule has 1 nitrogen and oxygen atoms in total. The van der Waals surface area contributed by atoms with Gasteiger partial charge in [0, 0.05) is 5.92 Å². The number of hydrogen-bond acceptors (Lipinski definition) is 1. The molecule has 1 aliphatic rings. The summed E-state index contributed by atoms with van der Waals surface area (Å²) in [5.41, 5.74) is 0. The second-order valence-electron chi connectivity index (χ2n) is 3.25. The Balaban J connectivity index is 2.43. The normalized spacial score (nSPS) is 26.5. The third-order valence-corrected chi connectivity index (χ3v) is 2.84. The fraction of sp³-hybridized carbons (Fsp3) is 1.00. The van der Waals surface area contributed by atoms with Crippen LogP contribution in [0.3, 0.4) is 0 Å². The van der Waals surface area contributed by atoms with Crippen molar-refractivity contribution >= 4 is 11.6 Å². The van der Waals surface area contributed by atoms with Crippen LogP contribution >= 0.6 is 11.6 Å². The maximum atomic E-state index is 13.2. The highest BCUT2D eigenvalue weighted by Gasteiger charge is 2.36. The molecule has 0 aromatic carbocycles. The molecule has 0 amide bonds. The molecule has 0 radical (unpaired) electrons. The zero-order valence-electron chi connectivity index (χ0n) is 6.52. The molecule has 66 valence electrons. The quantitative estimate of drug-likeness (QED) is 0.648. The van der Waals surface area contributed by atoms with Gasteiger partial charge in [0.1, 0.15) is 0 Å². The lowest BCUT2D eigenvalue weighted by Gasteiger charge is -2.29. The average Bonchev–Trinajstić information content (AvgIpc) is 2.06. The summed E-state index contributed by atoms with van der Waals surface area (Å²) in [7, 11) is 0. The molecule has 1 N–H and O–H groups in total. The van der Waals surface area contributed by atoms with E-state index in [4.69, 9.17) is 16.7 Å². The number of aliphatic hydroxyl groups is 1. The minimum absolute atomic E-state index is 0.136. The first-order valence-electron chi connectivity index (χ1n) is 4.15. The fourth-order valence-electron chi connectivity index (χ4n) is 1.65. The van der Waals surface area contributed by atoms with Gasteiger partial charge in [-0.15, -0.1) is 0 Å². The Labute approximate surface area is 71.6 Å². The minimum atomic E-state index is -1.86. The maximum Gasteiger partial charge on any atom is 0.209 e. The van der Waals surface area contributed by atoms with Crippen LogP contribution < -0.4 is 0 Å². The molecule has 0 aromatic rings. The van der Waals surface area contributed by atoms with E-state index in [1.807, 2.05) is 0 Å². The monoisotopic (exact) mass is 180 g/mol. The smallest absolute Gasteiger partial charge is 0.209 e. The molecule has 0 bridgehead atoms. The molecule has 0 heterocycles. The van der Waals surface area contributed by atoms with Gasteiger partial charge in [0.25, 0.3) is 0 Å². The molecule has 1 aliphatic carbocycles. The highest BCUT2D eigenvalue weighted by molar-refractivity contribution is 6.23. The van der Waals surface area contributed by atoms with Crippen LogP contribution in [0.15, 0.2) is 0 Å². The average molecular weight is 181 g/mol. The predicted octanol–water partition coefficient (Wildman–Crippen LogP) is 2.46. The Morgan fingerprint density at radius 1 is 1.36 bits per heavy atom. The van der Waals surface area contributed by atoms with Crippen LogP contribution in [0.2, 0.25) is 0 Å². The number of rotatable bonds is 2. The van der Waals surface area contributed by atoms with Crippen molar-refractivity contribution < 1.29 is 9.50 Å². The van der Waals surface area contributed by atoms with Crippen molar-refractivity contribution in [1.82, 2.24) is 0 Å². The molecule has 1 atom stereocenters. The Bertz CT molecular complexity index is 121. The molecule has 0 aliphatic heterocycles. The first-order valence-corrected chi connectivity index (χ1v) is 4.53. The summed E-state index contributed by atoms with van der Waals surface area (Å²) in [6.07, 6.45) is 4.90.